The van der Waals surface area contributed by atoms with Crippen LogP contribution in [0.4, 0.5) is 5.69 Å². The molecule has 7 nitrogen and oxygen atoms in total. The molecule has 0 unspecified atom stereocenters. The van der Waals surface area contributed by atoms with Crippen LogP contribution >= 0.6 is 0 Å². The lowest BCUT2D eigenvalue weighted by atomic mass is 9.95. The van der Waals surface area contributed by atoms with Crippen LogP contribution in [-0.4, -0.2) is 35.4 Å². The number of benzene rings is 2. The summed E-state index contributed by atoms with van der Waals surface area (Å²) in [6, 6.07) is 15.9. The molecule has 2 heterocycles. The molecule has 3 aromatic rings. The quantitative estimate of drug-likeness (QED) is 0.553. The second-order valence-electron chi connectivity index (χ2n) is 8.70. The Morgan fingerprint density at radius 1 is 1.06 bits per heavy atom. The third-order valence-corrected chi connectivity index (χ3v) is 5.84. The number of para-hydroxylation sites is 1. The second kappa shape index (κ2) is 10.1. The molecule has 1 aliphatic rings. The van der Waals surface area contributed by atoms with Gasteiger partial charge in [0.05, 0.1) is 42.5 Å². The van der Waals surface area contributed by atoms with Gasteiger partial charge in [0.25, 0.3) is 0 Å². The number of carbonyl (C=O) groups is 1. The molecule has 1 aromatic heterocycles. The first-order chi connectivity index (χ1) is 15.9. The molecule has 4 rings (SSSR count). The van der Waals surface area contributed by atoms with Gasteiger partial charge in [-0.05, 0) is 49.6 Å². The molecule has 0 fully saturated rings. The van der Waals surface area contributed by atoms with Crippen molar-refractivity contribution in [1.29, 1.82) is 0 Å². The lowest BCUT2D eigenvalue weighted by molar-refractivity contribution is -0.115. The predicted octanol–water partition coefficient (Wildman–Crippen LogP) is 4.58. The topological polar surface area (TPSA) is 77.4 Å². The van der Waals surface area contributed by atoms with Crippen molar-refractivity contribution in [3.63, 3.8) is 0 Å². The van der Waals surface area contributed by atoms with Crippen LogP contribution in [0.25, 0.3) is 5.69 Å². The highest BCUT2D eigenvalue weighted by Crippen LogP contribution is 2.34. The van der Waals surface area contributed by atoms with Gasteiger partial charge in [-0.1, -0.05) is 38.1 Å². The van der Waals surface area contributed by atoms with E-state index in [2.05, 4.69) is 29.6 Å². The Kier molecular flexibility index (Phi) is 6.99. The summed E-state index contributed by atoms with van der Waals surface area (Å²) in [4.78, 5) is 12.8. The zero-order chi connectivity index (χ0) is 23.4. The summed E-state index contributed by atoms with van der Waals surface area (Å²) < 4.78 is 13.4. The third-order valence-electron chi connectivity index (χ3n) is 5.84. The SMILES string of the molecule is Cc1nn(-c2ccccc2)c(C)c1NC(=O)CN[C@H](c1ccc2c(c1)OCCCO2)C(C)C. The standard InChI is InChI=1S/C26H32N4O3/c1-17(2)25(20-11-12-22-23(15-20)33-14-8-13-32-22)27-16-24(31)28-26-18(3)29-30(19(26)4)21-9-6-5-7-10-21/h5-7,9-12,15,17,25,27H,8,13-14,16H2,1-4H3,(H,28,31)/t25-/m0/s1. The van der Waals surface area contributed by atoms with Crippen LogP contribution in [0.1, 0.15) is 43.3 Å². The molecule has 2 aromatic carbocycles. The van der Waals surface area contributed by atoms with Gasteiger partial charge >= 0.3 is 0 Å². The summed E-state index contributed by atoms with van der Waals surface area (Å²) in [5.74, 6) is 1.72. The average molecular weight is 449 g/mol. The zero-order valence-electron chi connectivity index (χ0n) is 19.7. The Labute approximate surface area is 195 Å². The summed E-state index contributed by atoms with van der Waals surface area (Å²) in [5, 5.41) is 11.1. The highest BCUT2D eigenvalue weighted by atomic mass is 16.5. The van der Waals surface area contributed by atoms with Crippen LogP contribution in [-0.2, 0) is 4.79 Å². The number of aromatic nitrogens is 2. The minimum absolute atomic E-state index is 0.00198. The number of fused-ring (bicyclic) bond motifs is 1. The molecule has 1 amide bonds. The van der Waals surface area contributed by atoms with E-state index in [0.29, 0.717) is 13.2 Å². The molecule has 1 atom stereocenters. The molecule has 174 valence electrons. The van der Waals surface area contributed by atoms with Crippen molar-refractivity contribution in [2.75, 3.05) is 25.1 Å². The fourth-order valence-corrected chi connectivity index (χ4v) is 4.14. The van der Waals surface area contributed by atoms with Crippen LogP contribution in [0.15, 0.2) is 48.5 Å². The fraction of sp³-hybridized carbons (Fsp3) is 0.385. The van der Waals surface area contributed by atoms with Gasteiger partial charge < -0.3 is 20.1 Å². The minimum atomic E-state index is -0.103. The van der Waals surface area contributed by atoms with E-state index in [0.717, 1.165) is 46.2 Å². The van der Waals surface area contributed by atoms with E-state index in [4.69, 9.17) is 9.47 Å². The van der Waals surface area contributed by atoms with Gasteiger partial charge in [-0.3, -0.25) is 4.79 Å². The van der Waals surface area contributed by atoms with Gasteiger partial charge in [-0.2, -0.15) is 5.10 Å². The molecule has 0 bridgehead atoms. The van der Waals surface area contributed by atoms with Crippen molar-refractivity contribution in [3.05, 3.63) is 65.5 Å². The van der Waals surface area contributed by atoms with Crippen LogP contribution in [0.5, 0.6) is 11.5 Å². The maximum absolute atomic E-state index is 12.8. The van der Waals surface area contributed by atoms with Crippen LogP contribution in [0, 0.1) is 19.8 Å². The maximum Gasteiger partial charge on any atom is 0.238 e. The van der Waals surface area contributed by atoms with Crippen molar-refractivity contribution < 1.29 is 14.3 Å². The van der Waals surface area contributed by atoms with Crippen molar-refractivity contribution in [1.82, 2.24) is 15.1 Å². The van der Waals surface area contributed by atoms with Crippen molar-refractivity contribution in [2.24, 2.45) is 5.92 Å². The molecule has 0 aliphatic carbocycles. The van der Waals surface area contributed by atoms with E-state index in [9.17, 15) is 4.79 Å². The van der Waals surface area contributed by atoms with Gasteiger partial charge in [0.15, 0.2) is 11.5 Å². The monoisotopic (exact) mass is 448 g/mol. The van der Waals surface area contributed by atoms with Crippen LogP contribution < -0.4 is 20.1 Å². The first-order valence-electron chi connectivity index (χ1n) is 11.5. The number of hydrogen-bond acceptors (Lipinski definition) is 5. The summed E-state index contributed by atoms with van der Waals surface area (Å²) in [6.07, 6.45) is 0.871. The normalized spacial score (nSPS) is 14.1. The summed E-state index contributed by atoms with van der Waals surface area (Å²) in [6.45, 7) is 9.64. The molecule has 0 saturated carbocycles. The number of aryl methyl sites for hydroxylation is 1. The van der Waals surface area contributed by atoms with E-state index in [-0.39, 0.29) is 24.4 Å². The maximum atomic E-state index is 12.8. The number of hydrogen-bond donors (Lipinski definition) is 2. The highest BCUT2D eigenvalue weighted by Gasteiger charge is 2.21. The largest absolute Gasteiger partial charge is 0.490 e. The fourth-order valence-electron chi connectivity index (χ4n) is 4.14. The highest BCUT2D eigenvalue weighted by molar-refractivity contribution is 5.93. The van der Waals surface area contributed by atoms with Gasteiger partial charge in [0.2, 0.25) is 5.91 Å². The van der Waals surface area contributed by atoms with Gasteiger partial charge in [0.1, 0.15) is 0 Å². The summed E-state index contributed by atoms with van der Waals surface area (Å²) >= 11 is 0. The average Bonchev–Trinajstić information content (AvgIpc) is 2.96. The first kappa shape index (κ1) is 22.9. The van der Waals surface area contributed by atoms with Crippen molar-refractivity contribution in [3.8, 4) is 17.2 Å². The number of nitrogens with zero attached hydrogens (tertiary/aromatic N) is 2. The number of nitrogens with one attached hydrogen (secondary N) is 2. The van der Waals surface area contributed by atoms with Gasteiger partial charge in [-0.15, -0.1) is 0 Å². The van der Waals surface area contributed by atoms with E-state index in [1.807, 2.05) is 67.1 Å². The Morgan fingerprint density at radius 3 is 2.52 bits per heavy atom. The number of carbonyl (C=O) groups excluding carboxylic acids is 1. The lowest BCUT2D eigenvalue weighted by Crippen LogP contribution is -2.33. The second-order valence-corrected chi connectivity index (χ2v) is 8.70. The third kappa shape index (κ3) is 5.20. The predicted molar refractivity (Wildman–Crippen MR) is 129 cm³/mol. The number of rotatable bonds is 7. The Morgan fingerprint density at radius 2 is 1.79 bits per heavy atom. The van der Waals surface area contributed by atoms with E-state index >= 15 is 0 Å². The molecule has 0 saturated heterocycles. The molecule has 0 radical (unpaired) electrons. The molecular formula is C26H32N4O3. The number of amides is 1. The Bertz CT molecular complexity index is 1110. The molecule has 33 heavy (non-hydrogen) atoms. The van der Waals surface area contributed by atoms with Crippen LogP contribution in [0.3, 0.4) is 0 Å². The Hall–Kier alpha value is -3.32. The van der Waals surface area contributed by atoms with Crippen molar-refractivity contribution >= 4 is 11.6 Å². The first-order valence-corrected chi connectivity index (χ1v) is 11.5. The molecular weight excluding hydrogens is 416 g/mol. The summed E-state index contributed by atoms with van der Waals surface area (Å²) in [7, 11) is 0. The number of ether oxygens (including phenoxy) is 2. The minimum Gasteiger partial charge on any atom is -0.490 e. The molecule has 1 aliphatic heterocycles. The molecule has 0 spiro atoms. The summed E-state index contributed by atoms with van der Waals surface area (Å²) in [5.41, 5.74) is 4.48. The van der Waals surface area contributed by atoms with E-state index in [1.54, 1.807) is 0 Å². The van der Waals surface area contributed by atoms with Gasteiger partial charge in [0, 0.05) is 12.5 Å². The molecule has 7 heteroatoms. The molecule has 2 N–H and O–H groups in total. The van der Waals surface area contributed by atoms with E-state index in [1.165, 1.54) is 0 Å². The lowest BCUT2D eigenvalue weighted by Gasteiger charge is -2.23. The van der Waals surface area contributed by atoms with Crippen molar-refractivity contribution in [2.45, 2.75) is 40.2 Å². The van der Waals surface area contributed by atoms with E-state index < -0.39 is 0 Å². The smallest absolute Gasteiger partial charge is 0.238 e. The zero-order valence-corrected chi connectivity index (χ0v) is 19.7. The Balaban J connectivity index is 1.44. The number of anilines is 1. The van der Waals surface area contributed by atoms with Crippen LogP contribution in [0.2, 0.25) is 0 Å². The van der Waals surface area contributed by atoms with Gasteiger partial charge in [-0.25, -0.2) is 4.68 Å².